The fourth-order valence-electron chi connectivity index (χ4n) is 2.20. The number of hydrogen-bond donors (Lipinski definition) is 1. The molecular weight excluding hydrogens is 425 g/mol. The van der Waals surface area contributed by atoms with E-state index in [0.717, 1.165) is 17.6 Å². The van der Waals surface area contributed by atoms with Crippen molar-refractivity contribution in [3.05, 3.63) is 81.9 Å². The van der Waals surface area contributed by atoms with Gasteiger partial charge in [0, 0.05) is 17.0 Å². The first-order valence-corrected chi connectivity index (χ1v) is 10.5. The van der Waals surface area contributed by atoms with Crippen molar-refractivity contribution in [3.8, 4) is 0 Å². The van der Waals surface area contributed by atoms with Gasteiger partial charge in [-0.1, -0.05) is 41.9 Å². The molecule has 0 bridgehead atoms. The summed E-state index contributed by atoms with van der Waals surface area (Å²) in [6, 6.07) is 13.1. The van der Waals surface area contributed by atoms with Crippen LogP contribution in [0.4, 0.5) is 10.1 Å². The van der Waals surface area contributed by atoms with Gasteiger partial charge < -0.3 is 5.11 Å². The van der Waals surface area contributed by atoms with Crippen molar-refractivity contribution in [3.63, 3.8) is 0 Å². The molecule has 0 radical (unpaired) electrons. The van der Waals surface area contributed by atoms with Crippen LogP contribution in [0.2, 0.25) is 5.02 Å². The van der Waals surface area contributed by atoms with E-state index in [2.05, 4.69) is 14.9 Å². The fourth-order valence-corrected chi connectivity index (χ4v) is 4.48. The van der Waals surface area contributed by atoms with Crippen molar-refractivity contribution in [2.45, 2.75) is 4.21 Å². The summed E-state index contributed by atoms with van der Waals surface area (Å²) in [5.41, 5.74) is 0.0515. The zero-order valence-corrected chi connectivity index (χ0v) is 16.4. The highest BCUT2D eigenvalue weighted by Crippen LogP contribution is 2.23. The van der Waals surface area contributed by atoms with Gasteiger partial charge in [0.25, 0.3) is 10.0 Å². The van der Waals surface area contributed by atoms with Crippen molar-refractivity contribution in [1.29, 1.82) is 0 Å². The van der Waals surface area contributed by atoms with Crippen molar-refractivity contribution >= 4 is 50.8 Å². The van der Waals surface area contributed by atoms with Crippen LogP contribution < -0.4 is 9.83 Å². The van der Waals surface area contributed by atoms with Crippen LogP contribution in [0.15, 0.2) is 74.4 Å². The van der Waals surface area contributed by atoms with E-state index in [1.54, 1.807) is 23.6 Å². The molecule has 1 heterocycles. The summed E-state index contributed by atoms with van der Waals surface area (Å²) < 4.78 is 40.9. The third-order valence-electron chi connectivity index (χ3n) is 3.50. The number of halogens is 2. The Balaban J connectivity index is 1.88. The Morgan fingerprint density at radius 1 is 1.14 bits per heavy atom. The second-order valence-corrected chi connectivity index (χ2v) is 8.63. The second-order valence-electron chi connectivity index (χ2n) is 5.37. The number of para-hydroxylation sites is 1. The SMILES string of the molecule is O=S(=O)(Nc1ccccc1C([O-])=N/N=C\c1c(F)cccc1Cl)c1cccs1. The first kappa shape index (κ1) is 20.0. The molecule has 0 aliphatic carbocycles. The second kappa shape index (κ2) is 8.51. The summed E-state index contributed by atoms with van der Waals surface area (Å²) in [6.45, 7) is 0. The number of benzene rings is 2. The van der Waals surface area contributed by atoms with Crippen LogP contribution in [-0.2, 0) is 10.0 Å². The van der Waals surface area contributed by atoms with E-state index in [1.807, 2.05) is 0 Å². The molecule has 0 atom stereocenters. The van der Waals surface area contributed by atoms with Gasteiger partial charge in [-0.3, -0.25) is 4.72 Å². The van der Waals surface area contributed by atoms with Gasteiger partial charge in [-0.2, -0.15) is 10.2 Å². The van der Waals surface area contributed by atoms with E-state index in [9.17, 15) is 17.9 Å². The van der Waals surface area contributed by atoms with E-state index >= 15 is 0 Å². The lowest BCUT2D eigenvalue weighted by molar-refractivity contribution is -0.213. The van der Waals surface area contributed by atoms with E-state index in [0.29, 0.717) is 0 Å². The minimum absolute atomic E-state index is 0.000545. The minimum atomic E-state index is -3.83. The number of sulfonamides is 1. The molecule has 144 valence electrons. The van der Waals surface area contributed by atoms with Gasteiger partial charge in [0.15, 0.2) is 0 Å². The van der Waals surface area contributed by atoms with E-state index < -0.39 is 21.7 Å². The lowest BCUT2D eigenvalue weighted by Gasteiger charge is -2.15. The van der Waals surface area contributed by atoms with Crippen LogP contribution in [0, 0.1) is 5.82 Å². The van der Waals surface area contributed by atoms with Gasteiger partial charge in [0.1, 0.15) is 10.0 Å². The lowest BCUT2D eigenvalue weighted by atomic mass is 10.2. The van der Waals surface area contributed by atoms with Crippen LogP contribution in [-0.4, -0.2) is 20.5 Å². The highest BCUT2D eigenvalue weighted by Gasteiger charge is 2.16. The van der Waals surface area contributed by atoms with Crippen LogP contribution in [0.1, 0.15) is 11.1 Å². The van der Waals surface area contributed by atoms with Crippen molar-refractivity contribution < 1.29 is 17.9 Å². The Labute approximate surface area is 169 Å². The van der Waals surface area contributed by atoms with Crippen molar-refractivity contribution in [2.24, 2.45) is 10.2 Å². The molecule has 28 heavy (non-hydrogen) atoms. The zero-order valence-electron chi connectivity index (χ0n) is 14.0. The third-order valence-corrected chi connectivity index (χ3v) is 6.59. The molecule has 3 rings (SSSR count). The topological polar surface area (TPSA) is 94.0 Å². The molecule has 10 heteroatoms. The summed E-state index contributed by atoms with van der Waals surface area (Å²) in [4.78, 5) is 0. The predicted octanol–water partition coefficient (Wildman–Crippen LogP) is 3.48. The smallest absolute Gasteiger partial charge is 0.271 e. The molecule has 0 aliphatic heterocycles. The number of thiophene rings is 1. The largest absolute Gasteiger partial charge is 0.857 e. The molecule has 1 N–H and O–H groups in total. The van der Waals surface area contributed by atoms with E-state index in [1.165, 1.54) is 36.4 Å². The summed E-state index contributed by atoms with van der Waals surface area (Å²) >= 11 is 6.92. The Morgan fingerprint density at radius 2 is 1.93 bits per heavy atom. The highest BCUT2D eigenvalue weighted by molar-refractivity contribution is 7.94. The standard InChI is InChI=1S/C18H13ClFN3O3S2/c19-14-6-3-7-15(20)13(14)11-21-22-18(24)12-5-1-2-8-16(12)23-28(25,26)17-9-4-10-27-17/h1-11,23H,(H,22,24)/p-1/b21-11-. The van der Waals surface area contributed by atoms with Gasteiger partial charge >= 0.3 is 0 Å². The summed E-state index contributed by atoms with van der Waals surface area (Å²) in [5, 5.41) is 21.2. The number of hydrogen-bond acceptors (Lipinski definition) is 6. The molecule has 1 aromatic heterocycles. The molecule has 6 nitrogen and oxygen atoms in total. The number of nitrogens with one attached hydrogen (secondary N) is 1. The monoisotopic (exact) mass is 436 g/mol. The summed E-state index contributed by atoms with van der Waals surface area (Å²) in [7, 11) is -3.83. The molecule has 0 aliphatic rings. The fraction of sp³-hybridized carbons (Fsp3) is 0. The molecule has 0 spiro atoms. The van der Waals surface area contributed by atoms with Gasteiger partial charge in [0.2, 0.25) is 0 Å². The maximum absolute atomic E-state index is 13.7. The third kappa shape index (κ3) is 4.56. The maximum Gasteiger partial charge on any atom is 0.271 e. The predicted molar refractivity (Wildman–Crippen MR) is 107 cm³/mol. The number of rotatable bonds is 6. The average molecular weight is 437 g/mol. The molecule has 0 saturated carbocycles. The van der Waals surface area contributed by atoms with Crippen LogP contribution >= 0.6 is 22.9 Å². The molecule has 3 aromatic rings. The van der Waals surface area contributed by atoms with Crippen molar-refractivity contribution in [2.75, 3.05) is 4.72 Å². The number of nitrogens with zero attached hydrogens (tertiary/aromatic N) is 2. The van der Waals surface area contributed by atoms with Crippen LogP contribution in [0.3, 0.4) is 0 Å². The normalized spacial score (nSPS) is 12.4. The first-order chi connectivity index (χ1) is 13.4. The minimum Gasteiger partial charge on any atom is -0.857 e. The zero-order chi connectivity index (χ0) is 20.1. The Bertz CT molecular complexity index is 1130. The maximum atomic E-state index is 13.7. The number of anilines is 1. The van der Waals surface area contributed by atoms with E-state index in [-0.39, 0.29) is 26.0 Å². The first-order valence-electron chi connectivity index (χ1n) is 7.76. The molecule has 0 amide bonds. The Morgan fingerprint density at radius 3 is 2.64 bits per heavy atom. The van der Waals surface area contributed by atoms with Gasteiger partial charge in [0.05, 0.1) is 16.9 Å². The van der Waals surface area contributed by atoms with Crippen LogP contribution in [0.5, 0.6) is 0 Å². The van der Waals surface area contributed by atoms with Gasteiger partial charge in [-0.25, -0.2) is 12.8 Å². The van der Waals surface area contributed by atoms with Gasteiger partial charge in [-0.15, -0.1) is 11.3 Å². The average Bonchev–Trinajstić information content (AvgIpc) is 3.20. The summed E-state index contributed by atoms with van der Waals surface area (Å²) in [6.07, 6.45) is 1.02. The van der Waals surface area contributed by atoms with Crippen LogP contribution in [0.25, 0.3) is 0 Å². The van der Waals surface area contributed by atoms with Gasteiger partial charge in [-0.05, 0) is 29.6 Å². The lowest BCUT2D eigenvalue weighted by Crippen LogP contribution is -2.22. The molecular formula is C18H12ClFN3O3S2-. The summed E-state index contributed by atoms with van der Waals surface area (Å²) in [5.74, 6) is -1.41. The Kier molecular flexibility index (Phi) is 6.08. The van der Waals surface area contributed by atoms with E-state index in [4.69, 9.17) is 11.6 Å². The Hall–Kier alpha value is -2.75. The highest BCUT2D eigenvalue weighted by atomic mass is 35.5. The molecule has 0 fully saturated rings. The molecule has 0 unspecified atom stereocenters. The molecule has 2 aromatic carbocycles. The van der Waals surface area contributed by atoms with Crippen molar-refractivity contribution in [1.82, 2.24) is 0 Å². The molecule has 0 saturated heterocycles. The quantitative estimate of drug-likeness (QED) is 0.364.